The average molecular weight is 342 g/mol. The molecule has 0 aliphatic rings. The first kappa shape index (κ1) is 17.4. The zero-order valence-corrected chi connectivity index (χ0v) is 14.8. The van der Waals surface area contributed by atoms with Gasteiger partial charge in [0.25, 0.3) is 0 Å². The molecule has 1 unspecified atom stereocenters. The highest BCUT2D eigenvalue weighted by Crippen LogP contribution is 2.24. The Kier molecular flexibility index (Phi) is 8.15. The second-order valence-corrected chi connectivity index (χ2v) is 6.14. The molecule has 0 saturated carbocycles. The maximum Gasteiger partial charge on any atom is 0.133 e. The summed E-state index contributed by atoms with van der Waals surface area (Å²) in [7, 11) is 0. The Hall–Kier alpha value is -0.610. The normalized spacial score (nSPS) is 12.4. The molecule has 4 heteroatoms. The summed E-state index contributed by atoms with van der Waals surface area (Å²) >= 11 is 3.54. The van der Waals surface area contributed by atoms with Crippen LogP contribution in [0.2, 0.25) is 0 Å². The smallest absolute Gasteiger partial charge is 0.133 e. The number of hydrogen-bond donors (Lipinski definition) is 1. The molecule has 1 N–H and O–H groups in total. The quantitative estimate of drug-likeness (QED) is 0.723. The first-order valence-electron chi connectivity index (χ1n) is 7.75. The summed E-state index contributed by atoms with van der Waals surface area (Å²) in [5.41, 5.74) is 1.28. The number of anilines is 1. The van der Waals surface area contributed by atoms with Crippen LogP contribution in [0.4, 0.5) is 5.82 Å². The van der Waals surface area contributed by atoms with Crippen LogP contribution in [0.5, 0.6) is 0 Å². The van der Waals surface area contributed by atoms with Crippen LogP contribution in [0.1, 0.15) is 52.5 Å². The Morgan fingerprint density at radius 2 is 2.10 bits per heavy atom. The fraction of sp³-hybridized carbons (Fsp3) is 0.688. The van der Waals surface area contributed by atoms with Crippen molar-refractivity contribution < 1.29 is 0 Å². The minimum absolute atomic E-state index is 0.524. The lowest BCUT2D eigenvalue weighted by atomic mass is 10.1. The van der Waals surface area contributed by atoms with Crippen LogP contribution in [-0.2, 0) is 6.54 Å². The van der Waals surface area contributed by atoms with Gasteiger partial charge in [0.05, 0.1) is 0 Å². The van der Waals surface area contributed by atoms with Crippen LogP contribution in [0.3, 0.4) is 0 Å². The van der Waals surface area contributed by atoms with E-state index in [0.717, 1.165) is 36.3 Å². The highest BCUT2D eigenvalue weighted by atomic mass is 79.9. The minimum atomic E-state index is 0.524. The van der Waals surface area contributed by atoms with Crippen molar-refractivity contribution in [1.29, 1.82) is 0 Å². The highest BCUT2D eigenvalue weighted by molar-refractivity contribution is 9.10. The minimum Gasteiger partial charge on any atom is -0.354 e. The Morgan fingerprint density at radius 1 is 1.35 bits per heavy atom. The van der Waals surface area contributed by atoms with Gasteiger partial charge in [-0.25, -0.2) is 4.98 Å². The van der Waals surface area contributed by atoms with E-state index in [2.05, 4.69) is 59.9 Å². The van der Waals surface area contributed by atoms with Crippen molar-refractivity contribution in [1.82, 2.24) is 10.3 Å². The monoisotopic (exact) mass is 341 g/mol. The van der Waals surface area contributed by atoms with Crippen molar-refractivity contribution in [3.63, 3.8) is 0 Å². The zero-order chi connectivity index (χ0) is 15.0. The SMILES string of the molecule is CCCCN(c1ncc(Br)cc1CNCC)C(C)CC. The molecule has 0 aromatic carbocycles. The summed E-state index contributed by atoms with van der Waals surface area (Å²) in [5, 5.41) is 3.41. The van der Waals surface area contributed by atoms with E-state index in [9.17, 15) is 0 Å². The molecule has 0 fully saturated rings. The molecule has 1 atom stereocenters. The number of aromatic nitrogens is 1. The van der Waals surface area contributed by atoms with Crippen LogP contribution < -0.4 is 10.2 Å². The van der Waals surface area contributed by atoms with Gasteiger partial charge in [0.15, 0.2) is 0 Å². The topological polar surface area (TPSA) is 28.2 Å². The lowest BCUT2D eigenvalue weighted by Crippen LogP contribution is -2.35. The molecular formula is C16H28BrN3. The largest absolute Gasteiger partial charge is 0.354 e. The van der Waals surface area contributed by atoms with E-state index in [0.29, 0.717) is 6.04 Å². The number of pyridine rings is 1. The van der Waals surface area contributed by atoms with Gasteiger partial charge in [0, 0.05) is 35.4 Å². The van der Waals surface area contributed by atoms with E-state index < -0.39 is 0 Å². The second-order valence-electron chi connectivity index (χ2n) is 5.22. The van der Waals surface area contributed by atoms with Crippen LogP contribution in [0, 0.1) is 0 Å². The van der Waals surface area contributed by atoms with Crippen molar-refractivity contribution in [2.75, 3.05) is 18.0 Å². The molecule has 1 rings (SSSR count). The van der Waals surface area contributed by atoms with E-state index in [4.69, 9.17) is 4.98 Å². The predicted octanol–water partition coefficient (Wildman–Crippen LogP) is 4.36. The summed E-state index contributed by atoms with van der Waals surface area (Å²) in [6.07, 6.45) is 5.48. The van der Waals surface area contributed by atoms with Crippen LogP contribution in [-0.4, -0.2) is 24.1 Å². The van der Waals surface area contributed by atoms with Gasteiger partial charge in [-0.15, -0.1) is 0 Å². The molecule has 0 amide bonds. The van der Waals surface area contributed by atoms with Crippen LogP contribution in [0.25, 0.3) is 0 Å². The number of halogens is 1. The third-order valence-electron chi connectivity index (χ3n) is 3.62. The van der Waals surface area contributed by atoms with Crippen LogP contribution >= 0.6 is 15.9 Å². The van der Waals surface area contributed by atoms with Crippen molar-refractivity contribution in [3.8, 4) is 0 Å². The van der Waals surface area contributed by atoms with Gasteiger partial charge in [-0.1, -0.05) is 27.2 Å². The third kappa shape index (κ3) is 5.06. The first-order valence-corrected chi connectivity index (χ1v) is 8.55. The lowest BCUT2D eigenvalue weighted by molar-refractivity contribution is 0.584. The Bertz CT molecular complexity index is 395. The summed E-state index contributed by atoms with van der Waals surface area (Å²) < 4.78 is 1.05. The van der Waals surface area contributed by atoms with Gasteiger partial charge in [-0.3, -0.25) is 0 Å². The van der Waals surface area contributed by atoms with E-state index in [1.54, 1.807) is 0 Å². The standard InChI is InChI=1S/C16H28BrN3/c1-5-8-9-20(13(4)6-2)16-14(11-18-7-3)10-15(17)12-19-16/h10,12-13,18H,5-9,11H2,1-4H3. The number of nitrogens with one attached hydrogen (secondary N) is 1. The molecular weight excluding hydrogens is 314 g/mol. The maximum absolute atomic E-state index is 4.69. The van der Waals surface area contributed by atoms with Gasteiger partial charge < -0.3 is 10.2 Å². The molecule has 0 aliphatic heterocycles. The Morgan fingerprint density at radius 3 is 2.70 bits per heavy atom. The molecule has 0 saturated heterocycles. The van der Waals surface area contributed by atoms with Crippen molar-refractivity contribution in [3.05, 3.63) is 22.3 Å². The molecule has 0 spiro atoms. The van der Waals surface area contributed by atoms with E-state index >= 15 is 0 Å². The number of nitrogens with zero attached hydrogens (tertiary/aromatic N) is 2. The Balaban J connectivity index is 3.03. The van der Waals surface area contributed by atoms with Crippen LogP contribution in [0.15, 0.2) is 16.7 Å². The summed E-state index contributed by atoms with van der Waals surface area (Å²) in [5.74, 6) is 1.14. The number of hydrogen-bond acceptors (Lipinski definition) is 3. The molecule has 1 aromatic rings. The first-order chi connectivity index (χ1) is 9.63. The molecule has 0 aliphatic carbocycles. The van der Waals surface area contributed by atoms with E-state index in [1.165, 1.54) is 18.4 Å². The summed E-state index contributed by atoms with van der Waals surface area (Å²) in [6.45, 7) is 11.8. The second kappa shape index (κ2) is 9.35. The van der Waals surface area contributed by atoms with Gasteiger partial charge in [0.2, 0.25) is 0 Å². The van der Waals surface area contributed by atoms with E-state index in [-0.39, 0.29) is 0 Å². The molecule has 114 valence electrons. The predicted molar refractivity (Wildman–Crippen MR) is 91.3 cm³/mol. The van der Waals surface area contributed by atoms with Crippen molar-refractivity contribution in [2.24, 2.45) is 0 Å². The molecule has 3 nitrogen and oxygen atoms in total. The summed E-state index contributed by atoms with van der Waals surface area (Å²) in [6, 6.07) is 2.71. The Labute approximate surface area is 132 Å². The number of rotatable bonds is 9. The molecule has 1 aromatic heterocycles. The van der Waals surface area contributed by atoms with Gasteiger partial charge in [-0.05, 0) is 48.3 Å². The fourth-order valence-corrected chi connectivity index (χ4v) is 2.58. The molecule has 20 heavy (non-hydrogen) atoms. The summed E-state index contributed by atoms with van der Waals surface area (Å²) in [4.78, 5) is 7.15. The third-order valence-corrected chi connectivity index (χ3v) is 4.06. The van der Waals surface area contributed by atoms with Crippen molar-refractivity contribution in [2.45, 2.75) is 59.5 Å². The zero-order valence-electron chi connectivity index (χ0n) is 13.2. The highest BCUT2D eigenvalue weighted by Gasteiger charge is 2.17. The lowest BCUT2D eigenvalue weighted by Gasteiger charge is -2.31. The van der Waals surface area contributed by atoms with Gasteiger partial charge >= 0.3 is 0 Å². The maximum atomic E-state index is 4.69. The molecule has 0 radical (unpaired) electrons. The fourth-order valence-electron chi connectivity index (χ4n) is 2.21. The number of unbranched alkanes of at least 4 members (excludes halogenated alkanes) is 1. The van der Waals surface area contributed by atoms with Crippen molar-refractivity contribution >= 4 is 21.7 Å². The molecule has 0 bridgehead atoms. The van der Waals surface area contributed by atoms with E-state index in [1.807, 2.05) is 6.20 Å². The average Bonchev–Trinajstić information content (AvgIpc) is 2.46. The van der Waals surface area contributed by atoms with Gasteiger partial charge in [-0.2, -0.15) is 0 Å². The molecule has 1 heterocycles. The van der Waals surface area contributed by atoms with Gasteiger partial charge in [0.1, 0.15) is 5.82 Å².